The molecule has 0 spiro atoms. The number of hydrogen-bond acceptors (Lipinski definition) is 4. The highest BCUT2D eigenvalue weighted by molar-refractivity contribution is 5.02. The Labute approximate surface area is 109 Å². The van der Waals surface area contributed by atoms with Crippen LogP contribution in [0.5, 0.6) is 0 Å². The van der Waals surface area contributed by atoms with Gasteiger partial charge in [-0.1, -0.05) is 38.8 Å². The van der Waals surface area contributed by atoms with E-state index in [0.29, 0.717) is 12.5 Å². The van der Waals surface area contributed by atoms with E-state index in [2.05, 4.69) is 30.9 Å². The van der Waals surface area contributed by atoms with Crippen LogP contribution in [-0.2, 0) is 0 Å². The lowest BCUT2D eigenvalue weighted by atomic mass is 9.84. The van der Waals surface area contributed by atoms with E-state index in [4.69, 9.17) is 10.3 Å². The molecule has 0 bridgehead atoms. The van der Waals surface area contributed by atoms with E-state index in [-0.39, 0.29) is 11.3 Å². The van der Waals surface area contributed by atoms with Gasteiger partial charge in [-0.2, -0.15) is 4.98 Å². The zero-order valence-corrected chi connectivity index (χ0v) is 11.8. The molecular weight excluding hydrogens is 226 g/mol. The van der Waals surface area contributed by atoms with Crippen LogP contribution >= 0.6 is 0 Å². The first-order valence-corrected chi connectivity index (χ1v) is 7.03. The molecule has 1 fully saturated rings. The summed E-state index contributed by atoms with van der Waals surface area (Å²) in [7, 11) is 0. The van der Waals surface area contributed by atoms with E-state index in [0.717, 1.165) is 18.1 Å². The fourth-order valence-corrected chi connectivity index (χ4v) is 2.77. The van der Waals surface area contributed by atoms with Crippen molar-refractivity contribution in [3.63, 3.8) is 0 Å². The van der Waals surface area contributed by atoms with Gasteiger partial charge in [0.2, 0.25) is 5.89 Å². The van der Waals surface area contributed by atoms with Gasteiger partial charge in [0.1, 0.15) is 0 Å². The Morgan fingerprint density at radius 3 is 2.56 bits per heavy atom. The maximum absolute atomic E-state index is 5.85. The Morgan fingerprint density at radius 2 is 2.00 bits per heavy atom. The molecule has 0 amide bonds. The van der Waals surface area contributed by atoms with Crippen molar-refractivity contribution in [1.82, 2.24) is 10.1 Å². The standard InChI is InChI=1S/C14H25N3O/c1-14(2,3)8-11(9-15)13-16-12(17-18-13)10-6-4-5-7-10/h10-11H,4-9,15H2,1-3H3. The van der Waals surface area contributed by atoms with Gasteiger partial charge in [0, 0.05) is 12.5 Å². The van der Waals surface area contributed by atoms with E-state index in [9.17, 15) is 0 Å². The molecule has 1 aliphatic rings. The van der Waals surface area contributed by atoms with Gasteiger partial charge >= 0.3 is 0 Å². The van der Waals surface area contributed by atoms with E-state index < -0.39 is 0 Å². The first kappa shape index (κ1) is 13.5. The van der Waals surface area contributed by atoms with Gasteiger partial charge in [-0.25, -0.2) is 0 Å². The summed E-state index contributed by atoms with van der Waals surface area (Å²) in [4.78, 5) is 4.59. The van der Waals surface area contributed by atoms with Crippen LogP contribution in [0.2, 0.25) is 0 Å². The lowest BCUT2D eigenvalue weighted by Crippen LogP contribution is -2.19. The molecule has 1 unspecified atom stereocenters. The Balaban J connectivity index is 2.07. The van der Waals surface area contributed by atoms with Crippen molar-refractivity contribution in [1.29, 1.82) is 0 Å². The average molecular weight is 251 g/mol. The summed E-state index contributed by atoms with van der Waals surface area (Å²) in [6, 6.07) is 0. The molecule has 1 aromatic rings. The Hall–Kier alpha value is -0.900. The molecule has 1 aliphatic carbocycles. The van der Waals surface area contributed by atoms with Crippen molar-refractivity contribution in [3.8, 4) is 0 Å². The van der Waals surface area contributed by atoms with E-state index >= 15 is 0 Å². The van der Waals surface area contributed by atoms with Crippen LogP contribution in [0.15, 0.2) is 4.52 Å². The second kappa shape index (κ2) is 5.39. The minimum atomic E-state index is 0.188. The molecule has 1 heterocycles. The van der Waals surface area contributed by atoms with Crippen LogP contribution in [0.3, 0.4) is 0 Å². The van der Waals surface area contributed by atoms with E-state index in [1.165, 1.54) is 25.7 Å². The Morgan fingerprint density at radius 1 is 1.33 bits per heavy atom. The highest BCUT2D eigenvalue weighted by Crippen LogP contribution is 2.34. The first-order valence-electron chi connectivity index (χ1n) is 7.03. The molecular formula is C14H25N3O. The highest BCUT2D eigenvalue weighted by Gasteiger charge is 2.27. The Bertz CT molecular complexity index is 375. The second-order valence-electron chi connectivity index (χ2n) is 6.67. The third kappa shape index (κ3) is 3.31. The van der Waals surface area contributed by atoms with Crippen LogP contribution in [0, 0.1) is 5.41 Å². The van der Waals surface area contributed by atoms with Crippen LogP contribution in [0.25, 0.3) is 0 Å². The van der Waals surface area contributed by atoms with Crippen LogP contribution in [0.1, 0.15) is 76.4 Å². The third-order valence-corrected chi connectivity index (χ3v) is 3.67. The van der Waals surface area contributed by atoms with E-state index in [1.54, 1.807) is 0 Å². The molecule has 1 atom stereocenters. The molecule has 18 heavy (non-hydrogen) atoms. The molecule has 4 heteroatoms. The summed E-state index contributed by atoms with van der Waals surface area (Å²) in [5.74, 6) is 2.33. The van der Waals surface area contributed by atoms with Gasteiger partial charge in [-0.05, 0) is 24.7 Å². The number of nitrogens with two attached hydrogens (primary N) is 1. The zero-order chi connectivity index (χ0) is 13.2. The molecule has 2 rings (SSSR count). The summed E-state index contributed by atoms with van der Waals surface area (Å²) >= 11 is 0. The van der Waals surface area contributed by atoms with Gasteiger partial charge in [-0.15, -0.1) is 0 Å². The fourth-order valence-electron chi connectivity index (χ4n) is 2.77. The van der Waals surface area contributed by atoms with Crippen LogP contribution in [-0.4, -0.2) is 16.7 Å². The normalized spacial score (nSPS) is 19.3. The van der Waals surface area contributed by atoms with Crippen molar-refractivity contribution < 1.29 is 4.52 Å². The van der Waals surface area contributed by atoms with Gasteiger partial charge < -0.3 is 10.3 Å². The maximum atomic E-state index is 5.85. The molecule has 4 nitrogen and oxygen atoms in total. The lowest BCUT2D eigenvalue weighted by molar-refractivity contribution is 0.285. The van der Waals surface area contributed by atoms with Crippen molar-refractivity contribution in [2.24, 2.45) is 11.1 Å². The SMILES string of the molecule is CC(C)(C)CC(CN)c1nc(C2CCCC2)no1. The quantitative estimate of drug-likeness (QED) is 0.892. The smallest absolute Gasteiger partial charge is 0.231 e. The zero-order valence-electron chi connectivity index (χ0n) is 11.8. The summed E-state index contributed by atoms with van der Waals surface area (Å²) in [5.41, 5.74) is 6.08. The first-order chi connectivity index (χ1) is 8.49. The van der Waals surface area contributed by atoms with Gasteiger partial charge in [0.25, 0.3) is 0 Å². The summed E-state index contributed by atoms with van der Waals surface area (Å²) < 4.78 is 5.43. The van der Waals surface area contributed by atoms with Crippen molar-refractivity contribution in [2.75, 3.05) is 6.54 Å². The summed E-state index contributed by atoms with van der Waals surface area (Å²) in [6.07, 6.45) is 5.96. The number of hydrogen-bond donors (Lipinski definition) is 1. The van der Waals surface area contributed by atoms with Crippen molar-refractivity contribution >= 4 is 0 Å². The molecule has 0 aliphatic heterocycles. The van der Waals surface area contributed by atoms with Crippen LogP contribution in [0.4, 0.5) is 0 Å². The third-order valence-electron chi connectivity index (χ3n) is 3.67. The monoisotopic (exact) mass is 251 g/mol. The minimum absolute atomic E-state index is 0.188. The van der Waals surface area contributed by atoms with Gasteiger partial charge in [-0.3, -0.25) is 0 Å². The summed E-state index contributed by atoms with van der Waals surface area (Å²) in [6.45, 7) is 7.21. The second-order valence-corrected chi connectivity index (χ2v) is 6.67. The predicted molar refractivity (Wildman–Crippen MR) is 71.4 cm³/mol. The van der Waals surface area contributed by atoms with Gasteiger partial charge in [0.05, 0.1) is 5.92 Å². The minimum Gasteiger partial charge on any atom is -0.339 e. The van der Waals surface area contributed by atoms with Crippen LogP contribution < -0.4 is 5.73 Å². The molecule has 1 aromatic heterocycles. The molecule has 1 saturated carbocycles. The van der Waals surface area contributed by atoms with Gasteiger partial charge in [0.15, 0.2) is 5.82 Å². The number of nitrogens with zero attached hydrogens (tertiary/aromatic N) is 2. The fraction of sp³-hybridized carbons (Fsp3) is 0.857. The van der Waals surface area contributed by atoms with Crippen molar-refractivity contribution in [2.45, 2.75) is 64.7 Å². The molecule has 2 N–H and O–H groups in total. The maximum Gasteiger partial charge on any atom is 0.231 e. The largest absolute Gasteiger partial charge is 0.339 e. The Kier molecular flexibility index (Phi) is 4.05. The van der Waals surface area contributed by atoms with E-state index in [1.807, 2.05) is 0 Å². The highest BCUT2D eigenvalue weighted by atomic mass is 16.5. The lowest BCUT2D eigenvalue weighted by Gasteiger charge is -2.22. The average Bonchev–Trinajstić information content (AvgIpc) is 2.94. The molecule has 102 valence electrons. The summed E-state index contributed by atoms with van der Waals surface area (Å²) in [5, 5.41) is 4.16. The number of aromatic nitrogens is 2. The molecule has 0 saturated heterocycles. The molecule has 0 aromatic carbocycles. The predicted octanol–water partition coefficient (Wildman–Crippen LogP) is 3.21. The number of rotatable bonds is 4. The van der Waals surface area contributed by atoms with Crippen molar-refractivity contribution in [3.05, 3.63) is 11.7 Å². The topological polar surface area (TPSA) is 64.9 Å². The molecule has 0 radical (unpaired) electrons.